The highest BCUT2D eigenvalue weighted by molar-refractivity contribution is 5.97. The molecule has 5 amide bonds. The second-order valence-electron chi connectivity index (χ2n) is 10.3. The molecule has 0 radical (unpaired) electrons. The van der Waals surface area contributed by atoms with E-state index in [4.69, 9.17) is 9.84 Å². The third-order valence-corrected chi connectivity index (χ3v) is 4.59. The lowest BCUT2D eigenvalue weighted by atomic mass is 10.0. The van der Waals surface area contributed by atoms with Gasteiger partial charge < -0.3 is 36.4 Å². The topological polar surface area (TPSA) is 192 Å². The molecule has 0 spiro atoms. The van der Waals surface area contributed by atoms with Crippen LogP contribution in [0.4, 0.5) is 4.79 Å². The third-order valence-electron chi connectivity index (χ3n) is 4.59. The Bertz CT molecular complexity index is 847. The van der Waals surface area contributed by atoms with Crippen molar-refractivity contribution in [2.75, 3.05) is 0 Å². The molecule has 0 aliphatic carbocycles. The van der Waals surface area contributed by atoms with Gasteiger partial charge in [0.2, 0.25) is 23.6 Å². The standard InChI is InChI=1S/C22H39N5O8/c1-11(14(28)26-22(9,10)18(33)24-13(3)16(30)31)23-17(32)21(7,8)27-15(29)12(2)25-19(34)35-20(4,5)6/h11-13H,1-10H3,(H,23,32)(H,24,33)(H,25,34)(H,26,28)(H,27,29)(H,30,31). The van der Waals surface area contributed by atoms with E-state index in [1.807, 2.05) is 0 Å². The molecule has 0 bridgehead atoms. The number of alkyl carbamates (subject to hydrolysis) is 1. The summed E-state index contributed by atoms with van der Waals surface area (Å²) in [6.45, 7) is 14.7. The molecule has 3 atom stereocenters. The number of rotatable bonds is 10. The molecule has 3 unspecified atom stereocenters. The number of amides is 5. The Labute approximate surface area is 205 Å². The number of hydrogen-bond acceptors (Lipinski definition) is 7. The molecule has 13 nitrogen and oxygen atoms in total. The highest BCUT2D eigenvalue weighted by Crippen LogP contribution is 2.08. The van der Waals surface area contributed by atoms with Crippen LogP contribution in [-0.2, 0) is 28.7 Å². The molecule has 0 fully saturated rings. The van der Waals surface area contributed by atoms with E-state index in [1.165, 1.54) is 48.5 Å². The van der Waals surface area contributed by atoms with Crippen LogP contribution in [-0.4, -0.2) is 75.6 Å². The Morgan fingerprint density at radius 2 is 0.971 bits per heavy atom. The van der Waals surface area contributed by atoms with Gasteiger partial charge in [0, 0.05) is 0 Å². The molecule has 0 saturated heterocycles. The van der Waals surface area contributed by atoms with Crippen molar-refractivity contribution in [3.63, 3.8) is 0 Å². The average Bonchev–Trinajstić information content (AvgIpc) is 2.65. The summed E-state index contributed by atoms with van der Waals surface area (Å²) in [6, 6.07) is -3.27. The zero-order valence-corrected chi connectivity index (χ0v) is 22.0. The number of nitrogens with one attached hydrogen (secondary N) is 5. The summed E-state index contributed by atoms with van der Waals surface area (Å²) in [7, 11) is 0. The predicted octanol–water partition coefficient (Wildman–Crippen LogP) is -0.217. The quantitative estimate of drug-likeness (QED) is 0.237. The first kappa shape index (κ1) is 31.6. The van der Waals surface area contributed by atoms with Gasteiger partial charge in [-0.05, 0) is 69.2 Å². The summed E-state index contributed by atoms with van der Waals surface area (Å²) >= 11 is 0. The summed E-state index contributed by atoms with van der Waals surface area (Å²) in [5.74, 6) is -4.01. The zero-order chi connectivity index (χ0) is 27.9. The molecule has 200 valence electrons. The average molecular weight is 502 g/mol. The van der Waals surface area contributed by atoms with Crippen molar-refractivity contribution in [2.24, 2.45) is 0 Å². The van der Waals surface area contributed by atoms with Gasteiger partial charge >= 0.3 is 12.1 Å². The monoisotopic (exact) mass is 501 g/mol. The van der Waals surface area contributed by atoms with Gasteiger partial charge in [-0.3, -0.25) is 24.0 Å². The van der Waals surface area contributed by atoms with Crippen LogP contribution < -0.4 is 26.6 Å². The van der Waals surface area contributed by atoms with Crippen molar-refractivity contribution in [3.8, 4) is 0 Å². The van der Waals surface area contributed by atoms with Crippen molar-refractivity contribution in [1.29, 1.82) is 0 Å². The van der Waals surface area contributed by atoms with E-state index in [9.17, 15) is 28.8 Å². The fourth-order valence-electron chi connectivity index (χ4n) is 2.38. The van der Waals surface area contributed by atoms with Crippen LogP contribution in [0.25, 0.3) is 0 Å². The van der Waals surface area contributed by atoms with Crippen LogP contribution in [0.15, 0.2) is 0 Å². The van der Waals surface area contributed by atoms with E-state index in [-0.39, 0.29) is 0 Å². The molecule has 0 aliphatic heterocycles. The fraction of sp³-hybridized carbons (Fsp3) is 0.727. The van der Waals surface area contributed by atoms with Gasteiger partial charge in [0.1, 0.15) is 34.8 Å². The van der Waals surface area contributed by atoms with Crippen LogP contribution in [0.2, 0.25) is 0 Å². The largest absolute Gasteiger partial charge is 0.480 e. The third kappa shape index (κ3) is 11.1. The van der Waals surface area contributed by atoms with E-state index >= 15 is 0 Å². The maximum absolute atomic E-state index is 12.7. The molecule has 0 aliphatic rings. The molecule has 0 aromatic rings. The molecule has 0 rings (SSSR count). The summed E-state index contributed by atoms with van der Waals surface area (Å²) in [5.41, 5.74) is -3.68. The number of hydrogen-bond donors (Lipinski definition) is 6. The van der Waals surface area contributed by atoms with Crippen LogP contribution in [0.1, 0.15) is 69.2 Å². The first-order chi connectivity index (χ1) is 15.6. The summed E-state index contributed by atoms with van der Waals surface area (Å²) in [5, 5.41) is 20.9. The smallest absolute Gasteiger partial charge is 0.408 e. The van der Waals surface area contributed by atoms with E-state index in [0.717, 1.165) is 0 Å². The normalized spacial score (nSPS) is 14.5. The summed E-state index contributed by atoms with van der Waals surface area (Å²) < 4.78 is 5.09. The molecule has 0 heterocycles. The fourth-order valence-corrected chi connectivity index (χ4v) is 2.38. The first-order valence-electron chi connectivity index (χ1n) is 11.1. The van der Waals surface area contributed by atoms with Gasteiger partial charge in [-0.2, -0.15) is 0 Å². The molecule has 0 aromatic carbocycles. The molecular formula is C22H39N5O8. The minimum atomic E-state index is -1.47. The second kappa shape index (κ2) is 11.8. The van der Waals surface area contributed by atoms with Crippen molar-refractivity contribution >= 4 is 35.7 Å². The van der Waals surface area contributed by atoms with Crippen LogP contribution in [0, 0.1) is 0 Å². The molecule has 0 aromatic heterocycles. The zero-order valence-electron chi connectivity index (χ0n) is 22.0. The Balaban J connectivity index is 5.00. The van der Waals surface area contributed by atoms with Crippen LogP contribution >= 0.6 is 0 Å². The number of carbonyl (C=O) groups is 6. The number of carboxylic acid groups (broad SMARTS) is 1. The minimum absolute atomic E-state index is 0.654. The van der Waals surface area contributed by atoms with E-state index in [1.54, 1.807) is 20.8 Å². The summed E-state index contributed by atoms with van der Waals surface area (Å²) in [6.07, 6.45) is -0.794. The predicted molar refractivity (Wildman–Crippen MR) is 126 cm³/mol. The van der Waals surface area contributed by atoms with Crippen molar-refractivity contribution in [1.82, 2.24) is 26.6 Å². The second-order valence-corrected chi connectivity index (χ2v) is 10.3. The summed E-state index contributed by atoms with van der Waals surface area (Å²) in [4.78, 5) is 72.8. The van der Waals surface area contributed by atoms with Gasteiger partial charge in [0.05, 0.1) is 0 Å². The highest BCUT2D eigenvalue weighted by Gasteiger charge is 2.36. The number of ether oxygens (including phenoxy) is 1. The van der Waals surface area contributed by atoms with E-state index in [2.05, 4.69) is 26.6 Å². The van der Waals surface area contributed by atoms with Gasteiger partial charge in [-0.15, -0.1) is 0 Å². The van der Waals surface area contributed by atoms with Gasteiger partial charge in [-0.1, -0.05) is 0 Å². The molecular weight excluding hydrogens is 462 g/mol. The van der Waals surface area contributed by atoms with Crippen LogP contribution in [0.3, 0.4) is 0 Å². The first-order valence-corrected chi connectivity index (χ1v) is 11.1. The Morgan fingerprint density at radius 3 is 1.31 bits per heavy atom. The Kier molecular flexibility index (Phi) is 10.7. The minimum Gasteiger partial charge on any atom is -0.480 e. The number of aliphatic carboxylic acids is 1. The van der Waals surface area contributed by atoms with Gasteiger partial charge in [-0.25, -0.2) is 4.79 Å². The lowest BCUT2D eigenvalue weighted by molar-refractivity contribution is -0.142. The maximum Gasteiger partial charge on any atom is 0.408 e. The Morgan fingerprint density at radius 1 is 0.629 bits per heavy atom. The van der Waals surface area contributed by atoms with Crippen molar-refractivity contribution in [2.45, 2.75) is 104 Å². The van der Waals surface area contributed by atoms with E-state index < -0.39 is 70.5 Å². The van der Waals surface area contributed by atoms with Crippen LogP contribution in [0.5, 0.6) is 0 Å². The van der Waals surface area contributed by atoms with Crippen molar-refractivity contribution in [3.05, 3.63) is 0 Å². The molecule has 13 heteroatoms. The number of carboxylic acids is 1. The molecule has 0 saturated carbocycles. The SMILES string of the molecule is CC(NC(=O)C(C)(C)NC(=O)C(C)NC(=O)C(C)(C)NC(=O)C(C)NC(=O)OC(C)(C)C)C(=O)O. The van der Waals surface area contributed by atoms with Gasteiger partial charge in [0.15, 0.2) is 0 Å². The lowest BCUT2D eigenvalue weighted by Crippen LogP contribution is -2.63. The molecule has 6 N–H and O–H groups in total. The van der Waals surface area contributed by atoms with E-state index in [0.29, 0.717) is 0 Å². The molecule has 35 heavy (non-hydrogen) atoms. The maximum atomic E-state index is 12.7. The van der Waals surface area contributed by atoms with Gasteiger partial charge in [0.25, 0.3) is 0 Å². The van der Waals surface area contributed by atoms with Crippen molar-refractivity contribution < 1.29 is 38.6 Å². The lowest BCUT2D eigenvalue weighted by Gasteiger charge is -2.30. The number of carbonyl (C=O) groups excluding carboxylic acids is 5. The highest BCUT2D eigenvalue weighted by atomic mass is 16.6. The Hall–Kier alpha value is -3.38.